The number of halogens is 2. The van der Waals surface area contributed by atoms with Crippen molar-refractivity contribution in [1.82, 2.24) is 4.98 Å². The number of aromatic nitrogens is 1. The summed E-state index contributed by atoms with van der Waals surface area (Å²) in [6.07, 6.45) is 2.56. The highest BCUT2D eigenvalue weighted by Gasteiger charge is 2.13. The van der Waals surface area contributed by atoms with E-state index in [-0.39, 0.29) is 11.4 Å². The number of benzene rings is 2. The quantitative estimate of drug-likeness (QED) is 0.621. The van der Waals surface area contributed by atoms with Crippen LogP contribution in [0.5, 0.6) is 11.5 Å². The molecule has 3 rings (SSSR count). The van der Waals surface area contributed by atoms with Crippen LogP contribution in [0.4, 0.5) is 4.39 Å². The maximum Gasteiger partial charge on any atom is 0.252 e. The van der Waals surface area contributed by atoms with Gasteiger partial charge in [0.1, 0.15) is 5.75 Å². The van der Waals surface area contributed by atoms with Gasteiger partial charge in [0.2, 0.25) is 0 Å². The molecule has 1 heterocycles. The molecule has 0 unspecified atom stereocenters. The Morgan fingerprint density at radius 2 is 1.93 bits per heavy atom. The lowest BCUT2D eigenvalue weighted by molar-refractivity contribution is 0.434. The van der Waals surface area contributed by atoms with Gasteiger partial charge in [-0.1, -0.05) is 41.9 Å². The Balaban J connectivity index is 1.86. The molecule has 3 aromatic rings. The number of hydrogen-bond acceptors (Lipinski definition) is 3. The minimum Gasteiger partial charge on any atom is -0.454 e. The third kappa shape index (κ3) is 5.05. The fourth-order valence-electron chi connectivity index (χ4n) is 2.73. The van der Waals surface area contributed by atoms with E-state index >= 15 is 0 Å². The first kappa shape index (κ1) is 18.9. The molecule has 0 aliphatic heterocycles. The van der Waals surface area contributed by atoms with Crippen LogP contribution in [0.3, 0.4) is 0 Å². The van der Waals surface area contributed by atoms with E-state index in [2.05, 4.69) is 9.98 Å². The third-order valence-corrected chi connectivity index (χ3v) is 4.14. The number of nitrogens with zero attached hydrogens (tertiary/aromatic N) is 1. The van der Waals surface area contributed by atoms with Crippen LogP contribution in [0.15, 0.2) is 64.4 Å². The van der Waals surface area contributed by atoms with Crippen LogP contribution in [0, 0.1) is 5.82 Å². The predicted molar refractivity (Wildman–Crippen MR) is 106 cm³/mol. The van der Waals surface area contributed by atoms with Gasteiger partial charge in [0.15, 0.2) is 11.6 Å². The topological polar surface area (TPSA) is 54.4 Å². The Morgan fingerprint density at radius 3 is 2.67 bits per heavy atom. The lowest BCUT2D eigenvalue weighted by Gasteiger charge is -2.11. The fraction of sp³-hybridized carbons (Fsp3) is 0.143. The molecule has 0 amide bonds. The Labute approximate surface area is 161 Å². The lowest BCUT2D eigenvalue weighted by atomic mass is 10.1. The first-order chi connectivity index (χ1) is 13.0. The zero-order valence-corrected chi connectivity index (χ0v) is 15.5. The van der Waals surface area contributed by atoms with E-state index in [1.807, 2.05) is 30.3 Å². The summed E-state index contributed by atoms with van der Waals surface area (Å²) in [5.74, 6) is -0.393. The standard InChI is InChI=1S/C21H18ClFN2O2/c1-24-13-15-9-16(22)11-17(10-15)27-19-12-20(26)25-18(21(19)23)8-7-14-5-3-2-4-6-14/h2-6,9-13H,7-8H2,1H3,(H,25,26). The fourth-order valence-corrected chi connectivity index (χ4v) is 2.96. The second-order valence-corrected chi connectivity index (χ2v) is 6.42. The van der Waals surface area contributed by atoms with Crippen molar-refractivity contribution in [3.05, 3.63) is 92.6 Å². The van der Waals surface area contributed by atoms with E-state index in [0.29, 0.717) is 23.6 Å². The van der Waals surface area contributed by atoms with Gasteiger partial charge < -0.3 is 9.72 Å². The molecule has 0 saturated carbocycles. The summed E-state index contributed by atoms with van der Waals surface area (Å²) in [5.41, 5.74) is 1.56. The van der Waals surface area contributed by atoms with Gasteiger partial charge in [0.05, 0.1) is 5.69 Å². The molecule has 2 aromatic carbocycles. The Bertz CT molecular complexity index is 1020. The van der Waals surface area contributed by atoms with Gasteiger partial charge in [-0.25, -0.2) is 4.39 Å². The maximum atomic E-state index is 14.8. The van der Waals surface area contributed by atoms with Gasteiger partial charge in [-0.2, -0.15) is 0 Å². The summed E-state index contributed by atoms with van der Waals surface area (Å²) in [6, 6.07) is 15.7. The summed E-state index contributed by atoms with van der Waals surface area (Å²) in [4.78, 5) is 18.4. The molecular formula is C21H18ClFN2O2. The maximum absolute atomic E-state index is 14.8. The van der Waals surface area contributed by atoms with Crippen LogP contribution < -0.4 is 10.3 Å². The van der Waals surface area contributed by atoms with Crippen LogP contribution in [0.1, 0.15) is 16.8 Å². The molecule has 0 spiro atoms. The monoisotopic (exact) mass is 384 g/mol. The van der Waals surface area contributed by atoms with Crippen molar-refractivity contribution in [2.24, 2.45) is 4.99 Å². The molecule has 0 fully saturated rings. The second-order valence-electron chi connectivity index (χ2n) is 5.99. The summed E-state index contributed by atoms with van der Waals surface area (Å²) in [5, 5.41) is 0.428. The number of H-pyrrole nitrogens is 1. The SMILES string of the molecule is CN=Cc1cc(Cl)cc(Oc2cc(=O)[nH]c(CCc3ccccc3)c2F)c1. The molecule has 27 heavy (non-hydrogen) atoms. The number of ether oxygens (including phenoxy) is 1. The highest BCUT2D eigenvalue weighted by Crippen LogP contribution is 2.28. The van der Waals surface area contributed by atoms with Crippen molar-refractivity contribution in [2.45, 2.75) is 12.8 Å². The smallest absolute Gasteiger partial charge is 0.252 e. The number of rotatable bonds is 6. The van der Waals surface area contributed by atoms with Crippen LogP contribution in [0.25, 0.3) is 0 Å². The minimum absolute atomic E-state index is 0.136. The average Bonchev–Trinajstić information content (AvgIpc) is 2.64. The summed E-state index contributed by atoms with van der Waals surface area (Å²) >= 11 is 6.07. The van der Waals surface area contributed by atoms with E-state index in [1.165, 1.54) is 0 Å². The molecule has 138 valence electrons. The van der Waals surface area contributed by atoms with Crippen LogP contribution in [-0.4, -0.2) is 18.2 Å². The number of nitrogens with one attached hydrogen (secondary N) is 1. The summed E-state index contributed by atoms with van der Waals surface area (Å²) in [7, 11) is 1.64. The normalized spacial score (nSPS) is 11.1. The summed E-state index contributed by atoms with van der Waals surface area (Å²) < 4.78 is 20.4. The van der Waals surface area contributed by atoms with Crippen molar-refractivity contribution in [2.75, 3.05) is 7.05 Å². The van der Waals surface area contributed by atoms with E-state index in [4.69, 9.17) is 16.3 Å². The molecular weight excluding hydrogens is 367 g/mol. The van der Waals surface area contributed by atoms with E-state index < -0.39 is 11.4 Å². The molecule has 0 radical (unpaired) electrons. The Hall–Kier alpha value is -2.92. The number of hydrogen-bond donors (Lipinski definition) is 1. The van der Waals surface area contributed by atoms with Gasteiger partial charge in [-0.05, 0) is 42.2 Å². The molecule has 0 atom stereocenters. The number of aryl methyl sites for hydroxylation is 2. The Morgan fingerprint density at radius 1 is 1.15 bits per heavy atom. The van der Waals surface area contributed by atoms with E-state index in [1.54, 1.807) is 31.5 Å². The largest absolute Gasteiger partial charge is 0.454 e. The van der Waals surface area contributed by atoms with Crippen molar-refractivity contribution in [3.63, 3.8) is 0 Å². The van der Waals surface area contributed by atoms with Crippen LogP contribution in [0.2, 0.25) is 5.02 Å². The molecule has 4 nitrogen and oxygen atoms in total. The van der Waals surface area contributed by atoms with Gasteiger partial charge >= 0.3 is 0 Å². The minimum atomic E-state index is -0.587. The van der Waals surface area contributed by atoms with Crippen LogP contribution in [-0.2, 0) is 12.8 Å². The molecule has 0 aliphatic carbocycles. The Kier molecular flexibility index (Phi) is 6.04. The first-order valence-electron chi connectivity index (χ1n) is 8.41. The second kappa shape index (κ2) is 8.64. The van der Waals surface area contributed by atoms with Crippen molar-refractivity contribution >= 4 is 17.8 Å². The molecule has 0 saturated heterocycles. The number of aromatic amines is 1. The zero-order valence-electron chi connectivity index (χ0n) is 14.7. The van der Waals surface area contributed by atoms with Crippen molar-refractivity contribution < 1.29 is 9.13 Å². The van der Waals surface area contributed by atoms with Gasteiger partial charge in [0.25, 0.3) is 5.56 Å². The summed E-state index contributed by atoms with van der Waals surface area (Å²) in [6.45, 7) is 0. The van der Waals surface area contributed by atoms with Crippen molar-refractivity contribution in [1.29, 1.82) is 0 Å². The molecule has 0 bridgehead atoms. The van der Waals surface area contributed by atoms with E-state index in [9.17, 15) is 9.18 Å². The van der Waals surface area contributed by atoms with Gasteiger partial charge in [-0.15, -0.1) is 0 Å². The van der Waals surface area contributed by atoms with E-state index in [0.717, 1.165) is 17.2 Å². The zero-order chi connectivity index (χ0) is 19.2. The molecule has 0 aliphatic rings. The average molecular weight is 385 g/mol. The molecule has 6 heteroatoms. The van der Waals surface area contributed by atoms with Gasteiger partial charge in [0, 0.05) is 24.4 Å². The predicted octanol–water partition coefficient (Wildman–Crippen LogP) is 4.79. The first-order valence-corrected chi connectivity index (χ1v) is 8.79. The lowest BCUT2D eigenvalue weighted by Crippen LogP contribution is -2.12. The molecule has 1 N–H and O–H groups in total. The third-order valence-electron chi connectivity index (χ3n) is 3.92. The van der Waals surface area contributed by atoms with Crippen molar-refractivity contribution in [3.8, 4) is 11.5 Å². The van der Waals surface area contributed by atoms with Gasteiger partial charge in [-0.3, -0.25) is 9.79 Å². The highest BCUT2D eigenvalue weighted by molar-refractivity contribution is 6.31. The highest BCUT2D eigenvalue weighted by atomic mass is 35.5. The molecule has 1 aromatic heterocycles. The van der Waals surface area contributed by atoms with Crippen LogP contribution >= 0.6 is 11.6 Å². The number of aliphatic imine (C=N–C) groups is 1. The number of pyridine rings is 1.